The molecule has 0 spiro atoms. The summed E-state index contributed by atoms with van der Waals surface area (Å²) in [7, 11) is 1.11. The molecule has 0 aliphatic carbocycles. The first-order valence-corrected chi connectivity index (χ1v) is 2.26. The zero-order valence-electron chi connectivity index (χ0n) is 5.21. The molecule has 0 fully saturated rings. The van der Waals surface area contributed by atoms with Crippen molar-refractivity contribution < 1.29 is 19.8 Å². The molecular weight excluding hydrogens is 126 g/mol. The van der Waals surface area contributed by atoms with E-state index in [1.807, 2.05) is 0 Å². The van der Waals surface area contributed by atoms with Gasteiger partial charge in [-0.3, -0.25) is 0 Å². The number of aliphatic hydroxyl groups is 1. The summed E-state index contributed by atoms with van der Waals surface area (Å²) in [5.74, 6) is -0.940. The Bertz CT molecular complexity index is 111. The Morgan fingerprint density at radius 2 is 2.22 bits per heavy atom. The largest absolute Gasteiger partial charge is 0.466 e. The van der Waals surface area contributed by atoms with E-state index in [-0.39, 0.29) is 0 Å². The highest BCUT2D eigenvalue weighted by atomic mass is 16.6. The molecular formula is C4H9NO4. The van der Waals surface area contributed by atoms with Crippen molar-refractivity contribution in [2.24, 2.45) is 0 Å². The molecule has 0 saturated heterocycles. The molecule has 0 saturated carbocycles. The molecule has 3 N–H and O–H groups in total. The zero-order valence-corrected chi connectivity index (χ0v) is 5.21. The number of ether oxygens (including phenoxy) is 1. The Hall–Kier alpha value is -0.650. The number of methoxy groups -OCH3 is 1. The molecule has 1 unspecified atom stereocenters. The van der Waals surface area contributed by atoms with Gasteiger partial charge in [0.25, 0.3) is 0 Å². The zero-order chi connectivity index (χ0) is 7.49. The normalized spacial score (nSPS) is 16.4. The number of carbonyl (C=O) groups excluding carboxylic acids is 1. The number of hydrogen-bond acceptors (Lipinski definition) is 5. The summed E-state index contributed by atoms with van der Waals surface area (Å²) in [6.07, 6.45) is 0. The van der Waals surface area contributed by atoms with Crippen molar-refractivity contribution in [2.45, 2.75) is 12.6 Å². The Labute approximate surface area is 52.2 Å². The monoisotopic (exact) mass is 135 g/mol. The van der Waals surface area contributed by atoms with Crippen LogP contribution in [0.3, 0.4) is 0 Å². The summed E-state index contributed by atoms with van der Waals surface area (Å²) < 4.78 is 4.09. The van der Waals surface area contributed by atoms with Crippen LogP contribution < -0.4 is 5.48 Å². The highest BCUT2D eigenvalue weighted by molar-refractivity contribution is 5.77. The summed E-state index contributed by atoms with van der Waals surface area (Å²) in [5.41, 5.74) is -0.632. The molecule has 0 heterocycles. The van der Waals surface area contributed by atoms with Gasteiger partial charge in [0, 0.05) is 0 Å². The molecule has 5 nitrogen and oxygen atoms in total. The van der Waals surface area contributed by atoms with Crippen LogP contribution in [0.15, 0.2) is 0 Å². The molecule has 5 heteroatoms. The maximum atomic E-state index is 10.4. The predicted octanol–water partition coefficient (Wildman–Crippen LogP) is -1.15. The average molecular weight is 135 g/mol. The van der Waals surface area contributed by atoms with Crippen molar-refractivity contribution in [1.29, 1.82) is 0 Å². The fourth-order valence-corrected chi connectivity index (χ4v) is 0.244. The van der Waals surface area contributed by atoms with Gasteiger partial charge in [-0.25, -0.2) is 4.79 Å². The predicted molar refractivity (Wildman–Crippen MR) is 27.6 cm³/mol. The van der Waals surface area contributed by atoms with E-state index in [2.05, 4.69) is 4.74 Å². The summed E-state index contributed by atoms with van der Waals surface area (Å²) in [6.45, 7) is 1.07. The standard InChI is InChI=1S/C4H9NO4/c1-4(7,5-8)3(6)9-2/h5,7-8H,1-2H3. The molecule has 0 aliphatic rings. The van der Waals surface area contributed by atoms with Crippen LogP contribution in [0.4, 0.5) is 0 Å². The molecule has 0 bridgehead atoms. The third-order valence-corrected chi connectivity index (χ3v) is 0.801. The minimum absolute atomic E-state index is 0.940. The molecule has 0 aromatic rings. The third-order valence-electron chi connectivity index (χ3n) is 0.801. The second-order valence-electron chi connectivity index (χ2n) is 1.68. The van der Waals surface area contributed by atoms with E-state index in [0.29, 0.717) is 0 Å². The number of esters is 1. The minimum atomic E-state index is -2.01. The quantitative estimate of drug-likeness (QED) is 0.253. The van der Waals surface area contributed by atoms with Gasteiger partial charge in [0.05, 0.1) is 7.11 Å². The van der Waals surface area contributed by atoms with Crippen molar-refractivity contribution in [2.75, 3.05) is 7.11 Å². The summed E-state index contributed by atoms with van der Waals surface area (Å²) in [5, 5.41) is 16.9. The van der Waals surface area contributed by atoms with Crippen LogP contribution in [0.1, 0.15) is 6.92 Å². The summed E-state index contributed by atoms with van der Waals surface area (Å²) in [6, 6.07) is 0. The maximum Gasteiger partial charge on any atom is 0.355 e. The second-order valence-corrected chi connectivity index (χ2v) is 1.68. The molecule has 0 aromatic carbocycles. The van der Waals surface area contributed by atoms with Crippen molar-refractivity contribution in [3.63, 3.8) is 0 Å². The fraction of sp³-hybridized carbons (Fsp3) is 0.750. The Morgan fingerprint density at radius 3 is 2.33 bits per heavy atom. The van der Waals surface area contributed by atoms with E-state index in [1.54, 1.807) is 0 Å². The first-order chi connectivity index (χ1) is 4.04. The highest BCUT2D eigenvalue weighted by Crippen LogP contribution is 1.97. The lowest BCUT2D eigenvalue weighted by molar-refractivity contribution is -0.176. The van der Waals surface area contributed by atoms with Crippen molar-refractivity contribution in [3.05, 3.63) is 0 Å². The molecule has 0 aliphatic heterocycles. The van der Waals surface area contributed by atoms with Gasteiger partial charge in [0.2, 0.25) is 5.72 Å². The van der Waals surface area contributed by atoms with Gasteiger partial charge >= 0.3 is 5.97 Å². The van der Waals surface area contributed by atoms with E-state index < -0.39 is 11.7 Å². The van der Waals surface area contributed by atoms with Gasteiger partial charge in [-0.15, -0.1) is 0 Å². The molecule has 0 rings (SSSR count). The lowest BCUT2D eigenvalue weighted by Gasteiger charge is -2.16. The van der Waals surface area contributed by atoms with Gasteiger partial charge in [-0.2, -0.15) is 5.48 Å². The van der Waals surface area contributed by atoms with E-state index in [9.17, 15) is 4.79 Å². The number of rotatable bonds is 2. The smallest absolute Gasteiger partial charge is 0.355 e. The first kappa shape index (κ1) is 8.35. The van der Waals surface area contributed by atoms with Gasteiger partial charge in [-0.05, 0) is 6.92 Å². The van der Waals surface area contributed by atoms with Gasteiger partial charge in [0.1, 0.15) is 0 Å². The lowest BCUT2D eigenvalue weighted by atomic mass is 10.3. The third kappa shape index (κ3) is 1.96. The number of nitrogens with one attached hydrogen (secondary N) is 1. The minimum Gasteiger partial charge on any atom is -0.466 e. The SMILES string of the molecule is COC(=O)C(C)(O)NO. The Morgan fingerprint density at radius 1 is 1.78 bits per heavy atom. The van der Waals surface area contributed by atoms with E-state index in [4.69, 9.17) is 10.3 Å². The van der Waals surface area contributed by atoms with Gasteiger partial charge in [-0.1, -0.05) is 0 Å². The van der Waals surface area contributed by atoms with Crippen LogP contribution in [0, 0.1) is 0 Å². The Kier molecular flexibility index (Phi) is 2.57. The van der Waals surface area contributed by atoms with E-state index in [1.165, 1.54) is 5.48 Å². The van der Waals surface area contributed by atoms with Crippen LogP contribution in [0.5, 0.6) is 0 Å². The maximum absolute atomic E-state index is 10.4. The molecule has 1 atom stereocenters. The summed E-state index contributed by atoms with van der Waals surface area (Å²) in [4.78, 5) is 10.4. The molecule has 0 radical (unpaired) electrons. The van der Waals surface area contributed by atoms with Crippen LogP contribution in [-0.2, 0) is 9.53 Å². The second kappa shape index (κ2) is 2.77. The topological polar surface area (TPSA) is 78.8 Å². The van der Waals surface area contributed by atoms with E-state index in [0.717, 1.165) is 14.0 Å². The van der Waals surface area contributed by atoms with Crippen LogP contribution in [-0.4, -0.2) is 29.1 Å². The molecule has 0 amide bonds. The van der Waals surface area contributed by atoms with Crippen molar-refractivity contribution >= 4 is 5.97 Å². The van der Waals surface area contributed by atoms with E-state index >= 15 is 0 Å². The number of carbonyl (C=O) groups is 1. The average Bonchev–Trinajstić information content (AvgIpc) is 1.86. The van der Waals surface area contributed by atoms with Crippen LogP contribution in [0.2, 0.25) is 0 Å². The number of hydrogen-bond donors (Lipinski definition) is 3. The summed E-state index contributed by atoms with van der Waals surface area (Å²) >= 11 is 0. The Balaban J connectivity index is 3.97. The van der Waals surface area contributed by atoms with Crippen molar-refractivity contribution in [3.8, 4) is 0 Å². The van der Waals surface area contributed by atoms with Crippen LogP contribution in [0.25, 0.3) is 0 Å². The van der Waals surface area contributed by atoms with Gasteiger partial charge < -0.3 is 15.1 Å². The number of hydroxylamine groups is 1. The highest BCUT2D eigenvalue weighted by Gasteiger charge is 2.30. The van der Waals surface area contributed by atoms with Crippen LogP contribution >= 0.6 is 0 Å². The lowest BCUT2D eigenvalue weighted by Crippen LogP contribution is -2.48. The van der Waals surface area contributed by atoms with Crippen molar-refractivity contribution in [1.82, 2.24) is 5.48 Å². The van der Waals surface area contributed by atoms with Gasteiger partial charge in [0.15, 0.2) is 0 Å². The first-order valence-electron chi connectivity index (χ1n) is 2.26. The molecule has 54 valence electrons. The molecule has 9 heavy (non-hydrogen) atoms. The molecule has 0 aromatic heterocycles. The fourth-order valence-electron chi connectivity index (χ4n) is 0.244.